The van der Waals surface area contributed by atoms with E-state index < -0.39 is 11.8 Å². The molecule has 0 aromatic heterocycles. The van der Waals surface area contributed by atoms with Gasteiger partial charge in [0.2, 0.25) is 0 Å². The van der Waals surface area contributed by atoms with Crippen molar-refractivity contribution in [2.24, 2.45) is 11.7 Å². The van der Waals surface area contributed by atoms with Gasteiger partial charge in [-0.05, 0) is 37.6 Å². The molecule has 6 nitrogen and oxygen atoms in total. The Hall–Kier alpha value is -1.92. The third kappa shape index (κ3) is 2.84. The van der Waals surface area contributed by atoms with Crippen molar-refractivity contribution < 1.29 is 9.59 Å². The van der Waals surface area contributed by atoms with E-state index >= 15 is 0 Å². The average molecular weight is 316 g/mol. The number of hydrogen-bond acceptors (Lipinski definition) is 4. The Morgan fingerprint density at radius 3 is 2.57 bits per heavy atom. The SMILES string of the molecule is CN1CCN(c2ccccc2C2CC(CN)CN2C)C(=O)C1=O. The lowest BCUT2D eigenvalue weighted by Crippen LogP contribution is -2.53. The van der Waals surface area contributed by atoms with E-state index in [2.05, 4.69) is 18.0 Å². The Morgan fingerprint density at radius 2 is 1.87 bits per heavy atom. The van der Waals surface area contributed by atoms with Crippen LogP contribution in [0.4, 0.5) is 5.69 Å². The van der Waals surface area contributed by atoms with Crippen molar-refractivity contribution in [2.45, 2.75) is 12.5 Å². The number of nitrogens with two attached hydrogens (primary N) is 1. The van der Waals surface area contributed by atoms with Crippen molar-refractivity contribution in [3.05, 3.63) is 29.8 Å². The van der Waals surface area contributed by atoms with Crippen LogP contribution in [0.25, 0.3) is 0 Å². The van der Waals surface area contributed by atoms with Gasteiger partial charge in [0.1, 0.15) is 0 Å². The molecule has 0 spiro atoms. The van der Waals surface area contributed by atoms with Gasteiger partial charge in [-0.25, -0.2) is 0 Å². The maximum absolute atomic E-state index is 12.4. The number of nitrogens with zero attached hydrogens (tertiary/aromatic N) is 3. The Kier molecular flexibility index (Phi) is 4.37. The second kappa shape index (κ2) is 6.29. The lowest BCUT2D eigenvalue weighted by Gasteiger charge is -2.34. The Morgan fingerprint density at radius 1 is 1.13 bits per heavy atom. The average Bonchev–Trinajstić information content (AvgIpc) is 2.94. The van der Waals surface area contributed by atoms with Crippen LogP contribution < -0.4 is 10.6 Å². The monoisotopic (exact) mass is 316 g/mol. The van der Waals surface area contributed by atoms with Crippen LogP contribution in [0.1, 0.15) is 18.0 Å². The fraction of sp³-hybridized carbons (Fsp3) is 0.529. The van der Waals surface area contributed by atoms with E-state index in [4.69, 9.17) is 5.73 Å². The molecule has 1 aromatic carbocycles. The maximum Gasteiger partial charge on any atom is 0.316 e. The normalized spacial score (nSPS) is 26.2. The minimum atomic E-state index is -0.442. The highest BCUT2D eigenvalue weighted by molar-refractivity contribution is 6.41. The van der Waals surface area contributed by atoms with Crippen molar-refractivity contribution in [2.75, 3.05) is 45.2 Å². The van der Waals surface area contributed by atoms with Crippen molar-refractivity contribution in [1.82, 2.24) is 9.80 Å². The summed E-state index contributed by atoms with van der Waals surface area (Å²) < 4.78 is 0. The van der Waals surface area contributed by atoms with Crippen LogP contribution in [-0.2, 0) is 9.59 Å². The van der Waals surface area contributed by atoms with Crippen LogP contribution in [0.15, 0.2) is 24.3 Å². The largest absolute Gasteiger partial charge is 0.336 e. The minimum Gasteiger partial charge on any atom is -0.336 e. The second-order valence-electron chi connectivity index (χ2n) is 6.54. The van der Waals surface area contributed by atoms with Gasteiger partial charge in [0.25, 0.3) is 0 Å². The smallest absolute Gasteiger partial charge is 0.316 e. The standard InChI is InChI=1S/C17H24N4O2/c1-19-7-8-21(17(23)16(19)22)14-6-4-3-5-13(14)15-9-12(10-18)11-20(15)2/h3-6,12,15H,7-11,18H2,1-2H3. The number of hydrogen-bond donors (Lipinski definition) is 1. The molecule has 2 atom stereocenters. The van der Waals surface area contributed by atoms with E-state index in [9.17, 15) is 9.59 Å². The first-order valence-electron chi connectivity index (χ1n) is 8.09. The molecular formula is C17H24N4O2. The summed E-state index contributed by atoms with van der Waals surface area (Å²) in [6, 6.07) is 8.15. The number of likely N-dealkylation sites (N-methyl/N-ethyl adjacent to an activating group) is 1. The quantitative estimate of drug-likeness (QED) is 0.822. The molecule has 0 radical (unpaired) electrons. The molecule has 2 unspecified atom stereocenters. The molecule has 0 aliphatic carbocycles. The number of amides is 2. The summed E-state index contributed by atoms with van der Waals surface area (Å²) in [5.74, 6) is -0.407. The zero-order valence-electron chi connectivity index (χ0n) is 13.7. The lowest BCUT2D eigenvalue weighted by atomic mass is 9.97. The first-order chi connectivity index (χ1) is 11.0. The summed E-state index contributed by atoms with van der Waals surface area (Å²) in [5.41, 5.74) is 7.79. The van der Waals surface area contributed by atoms with Gasteiger partial charge in [-0.2, -0.15) is 0 Å². The Labute approximate surface area is 136 Å². The molecule has 2 aliphatic heterocycles. The van der Waals surface area contributed by atoms with E-state index in [-0.39, 0.29) is 6.04 Å². The minimum absolute atomic E-state index is 0.238. The number of piperazine rings is 1. The summed E-state index contributed by atoms with van der Waals surface area (Å²) in [5, 5.41) is 0. The fourth-order valence-corrected chi connectivity index (χ4v) is 3.62. The molecular weight excluding hydrogens is 292 g/mol. The number of likely N-dealkylation sites (tertiary alicyclic amines) is 1. The molecule has 1 aromatic rings. The summed E-state index contributed by atoms with van der Waals surface area (Å²) in [6.07, 6.45) is 0.986. The zero-order chi connectivity index (χ0) is 16.6. The summed E-state index contributed by atoms with van der Waals surface area (Å²) >= 11 is 0. The number of carbonyl (C=O) groups is 2. The van der Waals surface area contributed by atoms with Gasteiger partial charge in [-0.15, -0.1) is 0 Å². The van der Waals surface area contributed by atoms with E-state index in [1.807, 2.05) is 18.2 Å². The van der Waals surface area contributed by atoms with Crippen LogP contribution in [0.3, 0.4) is 0 Å². The third-order valence-electron chi connectivity index (χ3n) is 4.99. The highest BCUT2D eigenvalue weighted by Gasteiger charge is 2.36. The molecule has 3 rings (SSSR count). The van der Waals surface area contributed by atoms with E-state index in [0.29, 0.717) is 25.6 Å². The van der Waals surface area contributed by atoms with Gasteiger partial charge >= 0.3 is 11.8 Å². The van der Waals surface area contributed by atoms with Gasteiger partial charge < -0.3 is 15.5 Å². The number of para-hydroxylation sites is 1. The van der Waals surface area contributed by atoms with E-state index in [0.717, 1.165) is 24.2 Å². The second-order valence-corrected chi connectivity index (χ2v) is 6.54. The van der Waals surface area contributed by atoms with Gasteiger partial charge in [-0.1, -0.05) is 18.2 Å². The highest BCUT2D eigenvalue weighted by Crippen LogP contribution is 2.38. The predicted octanol–water partition coefficient (Wildman–Crippen LogP) is 0.443. The number of anilines is 1. The van der Waals surface area contributed by atoms with Crippen molar-refractivity contribution in [3.8, 4) is 0 Å². The van der Waals surface area contributed by atoms with Gasteiger partial charge in [-0.3, -0.25) is 14.5 Å². The first-order valence-corrected chi connectivity index (χ1v) is 8.09. The van der Waals surface area contributed by atoms with Crippen LogP contribution in [-0.4, -0.2) is 61.9 Å². The molecule has 0 saturated carbocycles. The molecule has 2 amide bonds. The van der Waals surface area contributed by atoms with Crippen LogP contribution in [0, 0.1) is 5.92 Å². The maximum atomic E-state index is 12.4. The third-order valence-corrected chi connectivity index (χ3v) is 4.99. The van der Waals surface area contributed by atoms with E-state index in [1.165, 1.54) is 4.90 Å². The molecule has 2 fully saturated rings. The van der Waals surface area contributed by atoms with Crippen molar-refractivity contribution in [1.29, 1.82) is 0 Å². The molecule has 124 valence electrons. The molecule has 0 bridgehead atoms. The summed E-state index contributed by atoms with van der Waals surface area (Å²) in [6.45, 7) is 2.74. The Balaban J connectivity index is 1.93. The first kappa shape index (κ1) is 16.0. The molecule has 6 heteroatoms. The number of benzene rings is 1. The van der Waals surface area contributed by atoms with Crippen LogP contribution >= 0.6 is 0 Å². The number of carbonyl (C=O) groups excluding carboxylic acids is 2. The predicted molar refractivity (Wildman–Crippen MR) is 89.0 cm³/mol. The molecule has 23 heavy (non-hydrogen) atoms. The van der Waals surface area contributed by atoms with E-state index in [1.54, 1.807) is 11.9 Å². The zero-order valence-corrected chi connectivity index (χ0v) is 13.7. The van der Waals surface area contributed by atoms with Crippen molar-refractivity contribution >= 4 is 17.5 Å². The van der Waals surface area contributed by atoms with Gasteiger partial charge in [0.15, 0.2) is 0 Å². The summed E-state index contributed by atoms with van der Waals surface area (Å²) in [4.78, 5) is 29.8. The van der Waals surface area contributed by atoms with Crippen molar-refractivity contribution in [3.63, 3.8) is 0 Å². The lowest BCUT2D eigenvalue weighted by molar-refractivity contribution is -0.145. The van der Waals surface area contributed by atoms with Gasteiger partial charge in [0.05, 0.1) is 0 Å². The van der Waals surface area contributed by atoms with Crippen LogP contribution in [0.5, 0.6) is 0 Å². The van der Waals surface area contributed by atoms with Gasteiger partial charge in [0, 0.05) is 38.4 Å². The molecule has 2 aliphatic rings. The Bertz CT molecular complexity index is 618. The highest BCUT2D eigenvalue weighted by atomic mass is 16.2. The molecule has 2 N–H and O–H groups in total. The number of rotatable bonds is 3. The fourth-order valence-electron chi connectivity index (χ4n) is 3.62. The topological polar surface area (TPSA) is 69.9 Å². The summed E-state index contributed by atoms with van der Waals surface area (Å²) in [7, 11) is 3.76. The van der Waals surface area contributed by atoms with Crippen LogP contribution in [0.2, 0.25) is 0 Å². The molecule has 2 saturated heterocycles. The molecule has 2 heterocycles.